The zero-order valence-corrected chi connectivity index (χ0v) is 10.6. The van der Waals surface area contributed by atoms with Crippen molar-refractivity contribution in [1.29, 1.82) is 0 Å². The van der Waals surface area contributed by atoms with Crippen LogP contribution in [0.1, 0.15) is 13.8 Å². The fourth-order valence-corrected chi connectivity index (χ4v) is 1.53. The molecule has 1 aromatic carbocycles. The molecule has 0 aliphatic rings. The second kappa shape index (κ2) is 7.50. The first kappa shape index (κ1) is 14.2. The van der Waals surface area contributed by atoms with E-state index in [4.69, 9.17) is 9.47 Å². The van der Waals surface area contributed by atoms with Gasteiger partial charge in [-0.05, 0) is 26.0 Å². The zero-order valence-electron chi connectivity index (χ0n) is 10.6. The van der Waals surface area contributed by atoms with Crippen molar-refractivity contribution < 1.29 is 14.4 Å². The van der Waals surface area contributed by atoms with Crippen molar-refractivity contribution >= 4 is 11.4 Å². The van der Waals surface area contributed by atoms with Crippen LogP contribution < -0.4 is 10.1 Å². The van der Waals surface area contributed by atoms with Crippen molar-refractivity contribution in [3.8, 4) is 5.75 Å². The Kier molecular flexibility index (Phi) is 5.93. The minimum Gasteiger partial charge on any atom is -0.487 e. The summed E-state index contributed by atoms with van der Waals surface area (Å²) < 4.78 is 10.4. The van der Waals surface area contributed by atoms with E-state index in [1.165, 1.54) is 0 Å². The van der Waals surface area contributed by atoms with Crippen LogP contribution in [0.2, 0.25) is 0 Å². The number of anilines is 1. The van der Waals surface area contributed by atoms with E-state index in [-0.39, 0.29) is 11.4 Å². The molecule has 1 aromatic rings. The van der Waals surface area contributed by atoms with Crippen molar-refractivity contribution in [1.82, 2.24) is 0 Å². The Balaban J connectivity index is 2.82. The average molecular weight is 254 g/mol. The van der Waals surface area contributed by atoms with Gasteiger partial charge in [0.15, 0.2) is 5.75 Å². The van der Waals surface area contributed by atoms with E-state index in [0.717, 1.165) is 0 Å². The fraction of sp³-hybridized carbons (Fsp3) is 0.500. The molecule has 0 fully saturated rings. The van der Waals surface area contributed by atoms with Crippen molar-refractivity contribution in [2.24, 2.45) is 0 Å². The molecule has 0 saturated carbocycles. The molecule has 18 heavy (non-hydrogen) atoms. The summed E-state index contributed by atoms with van der Waals surface area (Å²) in [5, 5.41) is 14.0. The average Bonchev–Trinajstić information content (AvgIpc) is 2.35. The third kappa shape index (κ3) is 3.89. The number of para-hydroxylation sites is 1. The molecular formula is C12H18N2O4. The van der Waals surface area contributed by atoms with E-state index in [1.54, 1.807) is 25.1 Å². The Morgan fingerprint density at radius 2 is 2.11 bits per heavy atom. The lowest BCUT2D eigenvalue weighted by atomic mass is 10.2. The van der Waals surface area contributed by atoms with Crippen molar-refractivity contribution in [3.05, 3.63) is 28.3 Å². The van der Waals surface area contributed by atoms with Crippen molar-refractivity contribution in [3.63, 3.8) is 0 Å². The minimum atomic E-state index is -0.437. The first-order chi connectivity index (χ1) is 8.70. The molecule has 0 aliphatic carbocycles. The Hall–Kier alpha value is -1.82. The number of hydrogen-bond donors (Lipinski definition) is 1. The summed E-state index contributed by atoms with van der Waals surface area (Å²) in [5.74, 6) is 0.281. The summed E-state index contributed by atoms with van der Waals surface area (Å²) >= 11 is 0. The minimum absolute atomic E-state index is 0.0316. The molecule has 1 rings (SSSR count). The van der Waals surface area contributed by atoms with E-state index in [0.29, 0.717) is 32.1 Å². The molecule has 0 atom stereocenters. The highest BCUT2D eigenvalue weighted by Crippen LogP contribution is 2.34. The predicted molar refractivity (Wildman–Crippen MR) is 69.2 cm³/mol. The van der Waals surface area contributed by atoms with Crippen molar-refractivity contribution in [2.75, 3.05) is 31.7 Å². The van der Waals surface area contributed by atoms with E-state index in [1.807, 2.05) is 6.92 Å². The smallest absolute Gasteiger partial charge is 0.333 e. The van der Waals surface area contributed by atoms with Crippen LogP contribution in [0.4, 0.5) is 11.4 Å². The first-order valence-corrected chi connectivity index (χ1v) is 5.92. The molecule has 6 nitrogen and oxygen atoms in total. The number of rotatable bonds is 8. The summed E-state index contributed by atoms with van der Waals surface area (Å²) in [6, 6.07) is 4.98. The van der Waals surface area contributed by atoms with Gasteiger partial charge in [0.05, 0.1) is 18.1 Å². The SMILES string of the molecule is CCOCCNc1cccc(OCC)c1[N+](=O)[O-]. The molecule has 0 amide bonds. The largest absolute Gasteiger partial charge is 0.487 e. The molecule has 0 heterocycles. The van der Waals surface area contributed by atoms with E-state index in [9.17, 15) is 10.1 Å². The molecule has 100 valence electrons. The Bertz CT molecular complexity index is 396. The van der Waals surface area contributed by atoms with Gasteiger partial charge in [0, 0.05) is 13.2 Å². The molecular weight excluding hydrogens is 236 g/mol. The fourth-order valence-electron chi connectivity index (χ4n) is 1.53. The molecule has 0 aromatic heterocycles. The molecule has 0 radical (unpaired) electrons. The van der Waals surface area contributed by atoms with Gasteiger partial charge in [0.1, 0.15) is 5.69 Å². The van der Waals surface area contributed by atoms with Crippen molar-refractivity contribution in [2.45, 2.75) is 13.8 Å². The number of nitrogens with one attached hydrogen (secondary N) is 1. The highest BCUT2D eigenvalue weighted by Gasteiger charge is 2.20. The van der Waals surface area contributed by atoms with E-state index in [2.05, 4.69) is 5.32 Å². The van der Waals surface area contributed by atoms with Crippen LogP contribution in [0, 0.1) is 10.1 Å². The number of nitro benzene ring substituents is 1. The standard InChI is InChI=1S/C12H18N2O4/c1-3-17-9-8-13-10-6-5-7-11(18-4-2)12(10)14(15)16/h5-7,13H,3-4,8-9H2,1-2H3. The highest BCUT2D eigenvalue weighted by atomic mass is 16.6. The number of benzene rings is 1. The first-order valence-electron chi connectivity index (χ1n) is 5.92. The van der Waals surface area contributed by atoms with Crippen LogP contribution in [-0.2, 0) is 4.74 Å². The van der Waals surface area contributed by atoms with Crippen LogP contribution in [0.5, 0.6) is 5.75 Å². The third-order valence-electron chi connectivity index (χ3n) is 2.25. The highest BCUT2D eigenvalue weighted by molar-refractivity contribution is 5.68. The van der Waals surface area contributed by atoms with Gasteiger partial charge >= 0.3 is 5.69 Å². The van der Waals surface area contributed by atoms with Gasteiger partial charge in [-0.15, -0.1) is 0 Å². The summed E-state index contributed by atoms with van der Waals surface area (Å²) in [6.07, 6.45) is 0. The molecule has 1 N–H and O–H groups in total. The maximum atomic E-state index is 11.1. The second-order valence-corrected chi connectivity index (χ2v) is 3.47. The zero-order chi connectivity index (χ0) is 13.4. The van der Waals surface area contributed by atoms with Gasteiger partial charge in [-0.1, -0.05) is 6.07 Å². The summed E-state index contributed by atoms with van der Waals surface area (Å²) in [5.41, 5.74) is 0.418. The Morgan fingerprint density at radius 3 is 2.72 bits per heavy atom. The second-order valence-electron chi connectivity index (χ2n) is 3.47. The lowest BCUT2D eigenvalue weighted by Crippen LogP contribution is -2.11. The lowest BCUT2D eigenvalue weighted by Gasteiger charge is -2.10. The van der Waals surface area contributed by atoms with Gasteiger partial charge in [-0.25, -0.2) is 0 Å². The van der Waals surface area contributed by atoms with Gasteiger partial charge in [-0.3, -0.25) is 10.1 Å². The van der Waals surface area contributed by atoms with Gasteiger partial charge < -0.3 is 14.8 Å². The third-order valence-corrected chi connectivity index (χ3v) is 2.25. The van der Waals surface area contributed by atoms with Crippen LogP contribution in [0.25, 0.3) is 0 Å². The normalized spacial score (nSPS) is 10.1. The summed E-state index contributed by atoms with van der Waals surface area (Å²) in [6.45, 7) is 5.74. The predicted octanol–water partition coefficient (Wildman–Crippen LogP) is 2.44. The number of ether oxygens (including phenoxy) is 2. The molecule has 0 aliphatic heterocycles. The van der Waals surface area contributed by atoms with E-state index >= 15 is 0 Å². The topological polar surface area (TPSA) is 73.6 Å². The molecule has 0 saturated heterocycles. The van der Waals surface area contributed by atoms with Crippen LogP contribution in [0.3, 0.4) is 0 Å². The number of nitro groups is 1. The number of nitrogens with zero attached hydrogens (tertiary/aromatic N) is 1. The van der Waals surface area contributed by atoms with Crippen LogP contribution in [-0.4, -0.2) is 31.3 Å². The molecule has 6 heteroatoms. The molecule has 0 spiro atoms. The van der Waals surface area contributed by atoms with Gasteiger partial charge in [0.25, 0.3) is 0 Å². The maximum absolute atomic E-state index is 11.1. The van der Waals surface area contributed by atoms with Gasteiger partial charge in [-0.2, -0.15) is 0 Å². The van der Waals surface area contributed by atoms with Crippen LogP contribution >= 0.6 is 0 Å². The summed E-state index contributed by atoms with van der Waals surface area (Å²) in [4.78, 5) is 10.6. The maximum Gasteiger partial charge on any atom is 0.333 e. The quantitative estimate of drug-likeness (QED) is 0.438. The molecule has 0 unspecified atom stereocenters. The summed E-state index contributed by atoms with van der Waals surface area (Å²) in [7, 11) is 0. The molecule has 0 bridgehead atoms. The number of hydrogen-bond acceptors (Lipinski definition) is 5. The van der Waals surface area contributed by atoms with Crippen LogP contribution in [0.15, 0.2) is 18.2 Å². The van der Waals surface area contributed by atoms with E-state index < -0.39 is 4.92 Å². The van der Waals surface area contributed by atoms with Gasteiger partial charge in [0.2, 0.25) is 0 Å². The lowest BCUT2D eigenvalue weighted by molar-refractivity contribution is -0.384. The Labute approximate surface area is 106 Å². The monoisotopic (exact) mass is 254 g/mol. The Morgan fingerprint density at radius 1 is 1.33 bits per heavy atom.